The molecule has 0 unspecified atom stereocenters. The summed E-state index contributed by atoms with van der Waals surface area (Å²) < 4.78 is 5.05. The minimum Gasteiger partial charge on any atom is -0.385 e. The molecule has 1 aromatic rings. The number of nitrogens with one attached hydrogen (secondary N) is 1. The highest BCUT2D eigenvalue weighted by molar-refractivity contribution is 6.33. The van der Waals surface area contributed by atoms with Gasteiger partial charge in [-0.15, -0.1) is 0 Å². The fraction of sp³-hybridized carbons (Fsp3) is 0.562. The van der Waals surface area contributed by atoms with Crippen molar-refractivity contribution in [3.8, 4) is 0 Å². The van der Waals surface area contributed by atoms with Gasteiger partial charge in [-0.1, -0.05) is 11.6 Å². The van der Waals surface area contributed by atoms with Gasteiger partial charge in [0, 0.05) is 51.5 Å². The van der Waals surface area contributed by atoms with Crippen LogP contribution in [0.4, 0.5) is 5.69 Å². The third-order valence-electron chi connectivity index (χ3n) is 4.15. The largest absolute Gasteiger partial charge is 0.385 e. The van der Waals surface area contributed by atoms with Crippen LogP contribution in [0, 0.1) is 10.1 Å². The molecule has 1 heterocycles. The highest BCUT2D eigenvalue weighted by Crippen LogP contribution is 2.22. The van der Waals surface area contributed by atoms with Crippen molar-refractivity contribution in [3.05, 3.63) is 38.9 Å². The van der Waals surface area contributed by atoms with Crippen LogP contribution in [0.3, 0.4) is 0 Å². The Morgan fingerprint density at radius 1 is 1.46 bits per heavy atom. The Kier molecular flexibility index (Phi) is 6.96. The van der Waals surface area contributed by atoms with Crippen molar-refractivity contribution in [2.75, 3.05) is 33.4 Å². The Morgan fingerprint density at radius 2 is 2.17 bits per heavy atom. The molecule has 1 aliphatic rings. The van der Waals surface area contributed by atoms with Crippen molar-refractivity contribution in [2.45, 2.75) is 25.3 Å². The molecule has 0 spiro atoms. The number of carbonyl (C=O) groups excluding carboxylic acids is 1. The molecule has 1 N–H and O–H groups in total. The van der Waals surface area contributed by atoms with E-state index in [0.29, 0.717) is 0 Å². The van der Waals surface area contributed by atoms with Gasteiger partial charge in [0.2, 0.25) is 0 Å². The third-order valence-corrected chi connectivity index (χ3v) is 4.48. The van der Waals surface area contributed by atoms with Crippen LogP contribution in [-0.2, 0) is 4.74 Å². The molecule has 24 heavy (non-hydrogen) atoms. The topological polar surface area (TPSA) is 84.7 Å². The summed E-state index contributed by atoms with van der Waals surface area (Å²) in [6.07, 6.45) is 2.70. The summed E-state index contributed by atoms with van der Waals surface area (Å²) in [6.45, 7) is 3.57. The van der Waals surface area contributed by atoms with Crippen LogP contribution in [-0.4, -0.2) is 55.1 Å². The van der Waals surface area contributed by atoms with E-state index in [1.807, 2.05) is 0 Å². The number of amides is 1. The van der Waals surface area contributed by atoms with E-state index in [0.717, 1.165) is 45.5 Å². The Bertz CT molecular complexity index is 589. The second-order valence-corrected chi connectivity index (χ2v) is 6.26. The number of hydrogen-bond acceptors (Lipinski definition) is 5. The normalized spacial score (nSPS) is 16.1. The number of nitrogens with zero attached hydrogens (tertiary/aromatic N) is 2. The number of rotatable bonds is 7. The van der Waals surface area contributed by atoms with Crippen LogP contribution in [0.1, 0.15) is 29.6 Å². The van der Waals surface area contributed by atoms with E-state index in [-0.39, 0.29) is 28.2 Å². The van der Waals surface area contributed by atoms with Gasteiger partial charge in [0.15, 0.2) is 0 Å². The number of benzene rings is 1. The minimum absolute atomic E-state index is 0.0616. The van der Waals surface area contributed by atoms with Crippen molar-refractivity contribution in [1.82, 2.24) is 10.2 Å². The molecule has 0 aromatic heterocycles. The molecule has 132 valence electrons. The molecule has 1 fully saturated rings. The van der Waals surface area contributed by atoms with E-state index < -0.39 is 4.92 Å². The van der Waals surface area contributed by atoms with E-state index in [1.165, 1.54) is 18.2 Å². The Balaban J connectivity index is 1.87. The van der Waals surface area contributed by atoms with Crippen LogP contribution >= 0.6 is 11.6 Å². The maximum absolute atomic E-state index is 12.4. The summed E-state index contributed by atoms with van der Waals surface area (Å²) in [4.78, 5) is 25.0. The quantitative estimate of drug-likeness (QED) is 0.461. The molecule has 0 atom stereocenters. The van der Waals surface area contributed by atoms with Gasteiger partial charge in [-0.25, -0.2) is 0 Å². The van der Waals surface area contributed by atoms with Crippen LogP contribution in [0.15, 0.2) is 18.2 Å². The summed E-state index contributed by atoms with van der Waals surface area (Å²) in [5.41, 5.74) is 0.00547. The zero-order valence-electron chi connectivity index (χ0n) is 13.7. The van der Waals surface area contributed by atoms with E-state index in [9.17, 15) is 14.9 Å². The zero-order chi connectivity index (χ0) is 17.5. The van der Waals surface area contributed by atoms with Gasteiger partial charge in [0.05, 0.1) is 15.5 Å². The first kappa shape index (κ1) is 18.6. The van der Waals surface area contributed by atoms with E-state index in [1.54, 1.807) is 7.11 Å². The van der Waals surface area contributed by atoms with Crippen LogP contribution in [0.5, 0.6) is 0 Å². The second-order valence-electron chi connectivity index (χ2n) is 5.86. The Morgan fingerprint density at radius 3 is 2.79 bits per heavy atom. The Hall–Kier alpha value is -1.70. The zero-order valence-corrected chi connectivity index (χ0v) is 14.4. The number of hydrogen-bond donors (Lipinski definition) is 1. The summed E-state index contributed by atoms with van der Waals surface area (Å²) in [5.74, 6) is -0.360. The van der Waals surface area contributed by atoms with Crippen LogP contribution < -0.4 is 5.32 Å². The first-order valence-electron chi connectivity index (χ1n) is 7.97. The second kappa shape index (κ2) is 8.96. The molecule has 1 aromatic carbocycles. The number of methoxy groups -OCH3 is 1. The third kappa shape index (κ3) is 5.15. The number of nitro groups is 1. The molecular formula is C16H22ClN3O4. The smallest absolute Gasteiger partial charge is 0.270 e. The lowest BCUT2D eigenvalue weighted by Gasteiger charge is -2.32. The van der Waals surface area contributed by atoms with Gasteiger partial charge in [-0.05, 0) is 25.3 Å². The van der Waals surface area contributed by atoms with Gasteiger partial charge >= 0.3 is 0 Å². The van der Waals surface area contributed by atoms with Crippen molar-refractivity contribution < 1.29 is 14.5 Å². The number of non-ortho nitro benzene ring substituents is 1. The maximum atomic E-state index is 12.4. The highest BCUT2D eigenvalue weighted by Gasteiger charge is 2.23. The summed E-state index contributed by atoms with van der Waals surface area (Å²) in [6, 6.07) is 3.95. The Labute approximate surface area is 146 Å². The maximum Gasteiger partial charge on any atom is 0.270 e. The summed E-state index contributed by atoms with van der Waals surface area (Å²) in [7, 11) is 1.70. The first-order chi connectivity index (χ1) is 11.5. The molecular weight excluding hydrogens is 334 g/mol. The van der Waals surface area contributed by atoms with Gasteiger partial charge in [-0.3, -0.25) is 14.9 Å². The SMILES string of the molecule is COCCCN1CCC(NC(=O)c2cc([N+](=O)[O-])ccc2Cl)CC1. The van der Waals surface area contributed by atoms with Crippen molar-refractivity contribution in [2.24, 2.45) is 0 Å². The summed E-state index contributed by atoms with van der Waals surface area (Å²) >= 11 is 6.00. The molecule has 1 saturated heterocycles. The average Bonchev–Trinajstić information content (AvgIpc) is 2.56. The number of carbonyl (C=O) groups is 1. The predicted octanol–water partition coefficient (Wildman–Crippen LogP) is 2.48. The van der Waals surface area contributed by atoms with Crippen LogP contribution in [0.2, 0.25) is 5.02 Å². The molecule has 1 aliphatic heterocycles. The van der Waals surface area contributed by atoms with Gasteiger partial charge < -0.3 is 15.0 Å². The predicted molar refractivity (Wildman–Crippen MR) is 91.5 cm³/mol. The molecule has 0 radical (unpaired) electrons. The number of halogens is 1. The first-order valence-corrected chi connectivity index (χ1v) is 8.35. The molecule has 8 heteroatoms. The van der Waals surface area contributed by atoms with Gasteiger partial charge in [0.1, 0.15) is 0 Å². The van der Waals surface area contributed by atoms with Crippen molar-refractivity contribution >= 4 is 23.2 Å². The highest BCUT2D eigenvalue weighted by atomic mass is 35.5. The molecule has 2 rings (SSSR count). The molecule has 1 amide bonds. The fourth-order valence-corrected chi connectivity index (χ4v) is 3.00. The summed E-state index contributed by atoms with van der Waals surface area (Å²) in [5, 5.41) is 14.0. The number of likely N-dealkylation sites (tertiary alicyclic amines) is 1. The fourth-order valence-electron chi connectivity index (χ4n) is 2.80. The number of piperidine rings is 1. The molecule has 0 bridgehead atoms. The van der Waals surface area contributed by atoms with Gasteiger partial charge in [-0.2, -0.15) is 0 Å². The number of nitro benzene ring substituents is 1. The van der Waals surface area contributed by atoms with Crippen LogP contribution in [0.25, 0.3) is 0 Å². The van der Waals surface area contributed by atoms with Crippen molar-refractivity contribution in [1.29, 1.82) is 0 Å². The standard InChI is InChI=1S/C16H22ClN3O4/c1-24-10-2-7-19-8-5-12(6-9-19)18-16(21)14-11-13(20(22)23)3-4-15(14)17/h3-4,11-12H,2,5-10H2,1H3,(H,18,21). The lowest BCUT2D eigenvalue weighted by molar-refractivity contribution is -0.384. The monoisotopic (exact) mass is 355 g/mol. The van der Waals surface area contributed by atoms with Gasteiger partial charge in [0.25, 0.3) is 11.6 Å². The molecule has 0 saturated carbocycles. The molecule has 7 nitrogen and oxygen atoms in total. The lowest BCUT2D eigenvalue weighted by atomic mass is 10.0. The lowest BCUT2D eigenvalue weighted by Crippen LogP contribution is -2.45. The number of ether oxygens (including phenoxy) is 1. The average molecular weight is 356 g/mol. The van der Waals surface area contributed by atoms with E-state index >= 15 is 0 Å². The van der Waals surface area contributed by atoms with E-state index in [4.69, 9.17) is 16.3 Å². The van der Waals surface area contributed by atoms with Crippen molar-refractivity contribution in [3.63, 3.8) is 0 Å². The van der Waals surface area contributed by atoms with E-state index in [2.05, 4.69) is 10.2 Å². The molecule has 0 aliphatic carbocycles. The minimum atomic E-state index is -0.536.